The van der Waals surface area contributed by atoms with Crippen molar-refractivity contribution in [2.75, 3.05) is 0 Å². The molecular weight excluding hydrogens is 254 g/mol. The number of hydrogen-bond acceptors (Lipinski definition) is 3. The van der Waals surface area contributed by atoms with Gasteiger partial charge in [0.15, 0.2) is 0 Å². The van der Waals surface area contributed by atoms with Crippen LogP contribution in [0.5, 0.6) is 0 Å². The lowest BCUT2D eigenvalue weighted by molar-refractivity contribution is -0.155. The SMILES string of the molecule is CC(C)CCCC(C)NC(=O)CCC(=O)OC(C)(C)C. The highest BCUT2D eigenvalue weighted by atomic mass is 16.6. The first-order valence-corrected chi connectivity index (χ1v) is 7.61. The van der Waals surface area contributed by atoms with E-state index >= 15 is 0 Å². The summed E-state index contributed by atoms with van der Waals surface area (Å²) in [5.74, 6) is 0.304. The zero-order valence-electron chi connectivity index (χ0n) is 13.9. The number of ether oxygens (including phenoxy) is 1. The van der Waals surface area contributed by atoms with Gasteiger partial charge in [-0.2, -0.15) is 0 Å². The molecule has 0 heterocycles. The Kier molecular flexibility index (Phi) is 8.51. The average molecular weight is 285 g/mol. The third-order valence-electron chi connectivity index (χ3n) is 2.80. The Morgan fingerprint density at radius 2 is 1.65 bits per heavy atom. The van der Waals surface area contributed by atoms with E-state index in [1.807, 2.05) is 27.7 Å². The van der Waals surface area contributed by atoms with Gasteiger partial charge in [0.05, 0.1) is 6.42 Å². The Morgan fingerprint density at radius 1 is 1.05 bits per heavy atom. The zero-order chi connectivity index (χ0) is 15.8. The normalized spacial score (nSPS) is 13.2. The van der Waals surface area contributed by atoms with Crippen molar-refractivity contribution in [1.29, 1.82) is 0 Å². The molecule has 0 aromatic heterocycles. The largest absolute Gasteiger partial charge is 0.460 e. The summed E-state index contributed by atoms with van der Waals surface area (Å²) in [4.78, 5) is 23.2. The lowest BCUT2D eigenvalue weighted by Crippen LogP contribution is -2.33. The molecule has 0 rings (SSSR count). The van der Waals surface area contributed by atoms with E-state index in [-0.39, 0.29) is 30.8 Å². The van der Waals surface area contributed by atoms with Gasteiger partial charge in [-0.25, -0.2) is 0 Å². The molecule has 0 aliphatic rings. The van der Waals surface area contributed by atoms with Crippen molar-refractivity contribution in [2.24, 2.45) is 5.92 Å². The van der Waals surface area contributed by atoms with Gasteiger partial charge in [0.1, 0.15) is 5.60 Å². The number of nitrogens with one attached hydrogen (secondary N) is 1. The molecule has 118 valence electrons. The van der Waals surface area contributed by atoms with Crippen molar-refractivity contribution < 1.29 is 14.3 Å². The van der Waals surface area contributed by atoms with E-state index in [4.69, 9.17) is 4.74 Å². The van der Waals surface area contributed by atoms with E-state index < -0.39 is 5.60 Å². The van der Waals surface area contributed by atoms with E-state index in [0.717, 1.165) is 12.8 Å². The first kappa shape index (κ1) is 18.9. The number of esters is 1. The van der Waals surface area contributed by atoms with Crippen LogP contribution in [-0.2, 0) is 14.3 Å². The molecule has 0 aromatic carbocycles. The van der Waals surface area contributed by atoms with Crippen molar-refractivity contribution in [3.63, 3.8) is 0 Å². The summed E-state index contributed by atoms with van der Waals surface area (Å²) in [7, 11) is 0. The lowest BCUT2D eigenvalue weighted by atomic mass is 10.0. The van der Waals surface area contributed by atoms with Crippen LogP contribution in [0.15, 0.2) is 0 Å². The molecule has 0 radical (unpaired) electrons. The molecule has 0 aromatic rings. The Bertz CT molecular complexity index is 305. The lowest BCUT2D eigenvalue weighted by Gasteiger charge is -2.19. The van der Waals surface area contributed by atoms with Crippen molar-refractivity contribution in [3.05, 3.63) is 0 Å². The van der Waals surface area contributed by atoms with Crippen LogP contribution in [0.3, 0.4) is 0 Å². The molecule has 4 heteroatoms. The van der Waals surface area contributed by atoms with Crippen molar-refractivity contribution in [3.8, 4) is 0 Å². The molecule has 0 saturated carbocycles. The first-order valence-electron chi connectivity index (χ1n) is 7.61. The van der Waals surface area contributed by atoms with Crippen molar-refractivity contribution in [2.45, 2.75) is 85.3 Å². The van der Waals surface area contributed by atoms with Gasteiger partial charge in [-0.15, -0.1) is 0 Å². The van der Waals surface area contributed by atoms with Gasteiger partial charge in [-0.05, 0) is 40.0 Å². The second-order valence-corrected chi connectivity index (χ2v) is 6.88. The van der Waals surface area contributed by atoms with E-state index in [1.165, 1.54) is 6.42 Å². The fourth-order valence-electron chi connectivity index (χ4n) is 1.86. The highest BCUT2D eigenvalue weighted by Crippen LogP contribution is 2.10. The molecule has 0 spiro atoms. The molecule has 4 nitrogen and oxygen atoms in total. The van der Waals surface area contributed by atoms with Gasteiger partial charge in [-0.3, -0.25) is 9.59 Å². The molecule has 0 saturated heterocycles. The van der Waals surface area contributed by atoms with Gasteiger partial charge >= 0.3 is 5.97 Å². The predicted octanol–water partition coefficient (Wildman–Crippen LogP) is 3.44. The topological polar surface area (TPSA) is 55.4 Å². The molecule has 0 fully saturated rings. The molecular formula is C16H31NO3. The van der Waals surface area contributed by atoms with Crippen molar-refractivity contribution >= 4 is 11.9 Å². The Labute approximate surface area is 123 Å². The molecule has 1 N–H and O–H groups in total. The maximum atomic E-state index is 11.7. The number of rotatable bonds is 8. The monoisotopic (exact) mass is 285 g/mol. The minimum atomic E-state index is -0.488. The Morgan fingerprint density at radius 3 is 2.15 bits per heavy atom. The van der Waals surface area contributed by atoms with Gasteiger partial charge in [0.25, 0.3) is 0 Å². The number of hydrogen-bond donors (Lipinski definition) is 1. The number of amides is 1. The van der Waals surface area contributed by atoms with Crippen LogP contribution >= 0.6 is 0 Å². The molecule has 20 heavy (non-hydrogen) atoms. The standard InChI is InChI=1S/C16H31NO3/c1-12(2)8-7-9-13(3)17-14(18)10-11-15(19)20-16(4,5)6/h12-13H,7-11H2,1-6H3,(H,17,18). The first-order chi connectivity index (χ1) is 9.10. The molecule has 1 unspecified atom stereocenters. The van der Waals surface area contributed by atoms with Crippen LogP contribution in [0.4, 0.5) is 0 Å². The van der Waals surface area contributed by atoms with Crippen LogP contribution in [0, 0.1) is 5.92 Å². The smallest absolute Gasteiger partial charge is 0.306 e. The highest BCUT2D eigenvalue weighted by molar-refractivity contribution is 5.81. The summed E-state index contributed by atoms with van der Waals surface area (Å²) in [5, 5.41) is 2.93. The fourth-order valence-corrected chi connectivity index (χ4v) is 1.86. The molecule has 0 bridgehead atoms. The second kappa shape index (κ2) is 8.98. The summed E-state index contributed by atoms with van der Waals surface area (Å²) in [5.41, 5.74) is -0.488. The van der Waals surface area contributed by atoms with Crippen LogP contribution in [0.25, 0.3) is 0 Å². The number of carbonyl (C=O) groups is 2. The van der Waals surface area contributed by atoms with E-state index in [0.29, 0.717) is 5.92 Å². The third-order valence-corrected chi connectivity index (χ3v) is 2.80. The Balaban J connectivity index is 3.80. The van der Waals surface area contributed by atoms with Crippen LogP contribution in [0.1, 0.15) is 73.6 Å². The van der Waals surface area contributed by atoms with Crippen molar-refractivity contribution in [1.82, 2.24) is 5.32 Å². The quantitative estimate of drug-likeness (QED) is 0.695. The maximum absolute atomic E-state index is 11.7. The Hall–Kier alpha value is -1.06. The van der Waals surface area contributed by atoms with Crippen LogP contribution < -0.4 is 5.32 Å². The summed E-state index contributed by atoms with van der Waals surface area (Å²) in [6, 6.07) is 0.167. The van der Waals surface area contributed by atoms with E-state index in [9.17, 15) is 9.59 Å². The molecule has 0 aliphatic heterocycles. The second-order valence-electron chi connectivity index (χ2n) is 6.88. The van der Waals surface area contributed by atoms with Gasteiger partial charge in [0, 0.05) is 12.5 Å². The zero-order valence-corrected chi connectivity index (χ0v) is 13.9. The minimum absolute atomic E-state index is 0.0760. The molecule has 1 amide bonds. The van der Waals surface area contributed by atoms with Gasteiger partial charge in [-0.1, -0.05) is 26.7 Å². The fraction of sp³-hybridized carbons (Fsp3) is 0.875. The van der Waals surface area contributed by atoms with E-state index in [1.54, 1.807) is 0 Å². The summed E-state index contributed by atoms with van der Waals surface area (Å²) in [6.07, 6.45) is 3.62. The minimum Gasteiger partial charge on any atom is -0.460 e. The van der Waals surface area contributed by atoms with Gasteiger partial charge in [0.2, 0.25) is 5.91 Å². The predicted molar refractivity (Wildman–Crippen MR) is 81.4 cm³/mol. The van der Waals surface area contributed by atoms with Gasteiger partial charge < -0.3 is 10.1 Å². The molecule has 1 atom stereocenters. The highest BCUT2D eigenvalue weighted by Gasteiger charge is 2.17. The summed E-state index contributed by atoms with van der Waals surface area (Å²) >= 11 is 0. The van der Waals surface area contributed by atoms with Crippen LogP contribution in [0.2, 0.25) is 0 Å². The summed E-state index contributed by atoms with van der Waals surface area (Å²) < 4.78 is 5.17. The number of carbonyl (C=O) groups excluding carboxylic acids is 2. The van der Waals surface area contributed by atoms with Crippen LogP contribution in [-0.4, -0.2) is 23.5 Å². The molecule has 0 aliphatic carbocycles. The maximum Gasteiger partial charge on any atom is 0.306 e. The summed E-state index contributed by atoms with van der Waals surface area (Å²) in [6.45, 7) is 11.9. The van der Waals surface area contributed by atoms with E-state index in [2.05, 4.69) is 19.2 Å². The third kappa shape index (κ3) is 12.0. The average Bonchev–Trinajstić information content (AvgIpc) is 2.23.